The SMILES string of the molecule is CC1(C)CCCC1Nc1ccnc(C(N)=O)c1. The van der Waals surface area contributed by atoms with Gasteiger partial charge in [0, 0.05) is 17.9 Å². The zero-order chi connectivity index (χ0) is 12.5. The van der Waals surface area contributed by atoms with Crippen molar-refractivity contribution < 1.29 is 4.79 Å². The van der Waals surface area contributed by atoms with E-state index in [2.05, 4.69) is 24.1 Å². The van der Waals surface area contributed by atoms with Gasteiger partial charge in [-0.2, -0.15) is 0 Å². The predicted molar refractivity (Wildman–Crippen MR) is 67.8 cm³/mol. The Morgan fingerprint density at radius 1 is 1.59 bits per heavy atom. The van der Waals surface area contributed by atoms with Gasteiger partial charge in [-0.15, -0.1) is 0 Å². The van der Waals surface area contributed by atoms with Gasteiger partial charge >= 0.3 is 0 Å². The van der Waals surface area contributed by atoms with E-state index in [1.54, 1.807) is 12.3 Å². The van der Waals surface area contributed by atoms with Gasteiger partial charge in [0.15, 0.2) is 0 Å². The van der Waals surface area contributed by atoms with E-state index in [0.29, 0.717) is 17.2 Å². The minimum atomic E-state index is -0.487. The summed E-state index contributed by atoms with van der Waals surface area (Å²) in [6, 6.07) is 4.04. The molecule has 4 heteroatoms. The summed E-state index contributed by atoms with van der Waals surface area (Å²) in [5, 5.41) is 3.48. The van der Waals surface area contributed by atoms with Crippen LogP contribution in [0.1, 0.15) is 43.6 Å². The van der Waals surface area contributed by atoms with Crippen LogP contribution < -0.4 is 11.1 Å². The maximum atomic E-state index is 11.0. The number of hydrogen-bond donors (Lipinski definition) is 2. The minimum absolute atomic E-state index is 0.302. The molecule has 0 bridgehead atoms. The van der Waals surface area contributed by atoms with Gasteiger partial charge < -0.3 is 11.1 Å². The smallest absolute Gasteiger partial charge is 0.267 e. The second-order valence-corrected chi connectivity index (χ2v) is 5.37. The molecule has 2 rings (SSSR count). The molecule has 1 atom stereocenters. The average molecular weight is 233 g/mol. The molecule has 4 nitrogen and oxygen atoms in total. The van der Waals surface area contributed by atoms with Crippen LogP contribution in [0.4, 0.5) is 5.69 Å². The Morgan fingerprint density at radius 3 is 2.94 bits per heavy atom. The molecule has 1 heterocycles. The fourth-order valence-corrected chi connectivity index (χ4v) is 2.45. The highest BCUT2D eigenvalue weighted by Gasteiger charge is 2.34. The van der Waals surface area contributed by atoms with E-state index in [0.717, 1.165) is 5.69 Å². The lowest BCUT2D eigenvalue weighted by atomic mass is 9.87. The Hall–Kier alpha value is -1.58. The molecule has 1 aliphatic carbocycles. The van der Waals surface area contributed by atoms with E-state index in [1.165, 1.54) is 19.3 Å². The maximum Gasteiger partial charge on any atom is 0.267 e. The molecule has 1 fully saturated rings. The highest BCUT2D eigenvalue weighted by Crippen LogP contribution is 2.38. The summed E-state index contributed by atoms with van der Waals surface area (Å²) in [5.41, 5.74) is 6.75. The van der Waals surface area contributed by atoms with Crippen LogP contribution in [0, 0.1) is 5.41 Å². The Morgan fingerprint density at radius 2 is 2.35 bits per heavy atom. The predicted octanol–water partition coefficient (Wildman–Crippen LogP) is 2.17. The monoisotopic (exact) mass is 233 g/mol. The van der Waals surface area contributed by atoms with Crippen molar-refractivity contribution in [3.05, 3.63) is 24.0 Å². The third-order valence-corrected chi connectivity index (χ3v) is 3.61. The number of aromatic nitrogens is 1. The van der Waals surface area contributed by atoms with Crippen LogP contribution in [0.25, 0.3) is 0 Å². The maximum absolute atomic E-state index is 11.0. The lowest BCUT2D eigenvalue weighted by Crippen LogP contribution is -2.30. The molecule has 1 saturated carbocycles. The van der Waals surface area contributed by atoms with E-state index in [9.17, 15) is 4.79 Å². The van der Waals surface area contributed by atoms with E-state index in [-0.39, 0.29) is 0 Å². The largest absolute Gasteiger partial charge is 0.382 e. The number of nitrogens with two attached hydrogens (primary N) is 1. The molecule has 17 heavy (non-hydrogen) atoms. The highest BCUT2D eigenvalue weighted by atomic mass is 16.1. The Bertz CT molecular complexity index is 428. The summed E-state index contributed by atoms with van der Waals surface area (Å²) in [7, 11) is 0. The van der Waals surface area contributed by atoms with Crippen molar-refractivity contribution in [1.82, 2.24) is 4.98 Å². The van der Waals surface area contributed by atoms with Crippen LogP contribution in [0.5, 0.6) is 0 Å². The van der Waals surface area contributed by atoms with Crippen LogP contribution >= 0.6 is 0 Å². The Kier molecular flexibility index (Phi) is 3.05. The Labute approximate surface area is 102 Å². The molecule has 1 aromatic heterocycles. The fraction of sp³-hybridized carbons (Fsp3) is 0.538. The number of rotatable bonds is 3. The second kappa shape index (κ2) is 4.35. The summed E-state index contributed by atoms with van der Waals surface area (Å²) < 4.78 is 0. The van der Waals surface area contributed by atoms with Gasteiger partial charge in [0.1, 0.15) is 5.69 Å². The molecule has 1 aromatic rings. The van der Waals surface area contributed by atoms with Crippen molar-refractivity contribution in [2.24, 2.45) is 11.1 Å². The lowest BCUT2D eigenvalue weighted by Gasteiger charge is -2.28. The standard InChI is InChI=1S/C13H19N3O/c1-13(2)6-3-4-11(13)16-9-5-7-15-10(8-9)12(14)17/h5,7-8,11H,3-4,6H2,1-2H3,(H2,14,17)(H,15,16). The topological polar surface area (TPSA) is 68.0 Å². The average Bonchev–Trinajstić information content (AvgIpc) is 2.59. The second-order valence-electron chi connectivity index (χ2n) is 5.37. The Balaban J connectivity index is 2.13. The van der Waals surface area contributed by atoms with Crippen molar-refractivity contribution in [1.29, 1.82) is 0 Å². The van der Waals surface area contributed by atoms with E-state index >= 15 is 0 Å². The molecule has 0 saturated heterocycles. The molecule has 92 valence electrons. The van der Waals surface area contributed by atoms with Gasteiger partial charge in [0.25, 0.3) is 5.91 Å². The summed E-state index contributed by atoms with van der Waals surface area (Å²) in [5.74, 6) is -0.487. The normalized spacial score (nSPS) is 22.4. The summed E-state index contributed by atoms with van der Waals surface area (Å²) in [6.07, 6.45) is 5.27. The number of carbonyl (C=O) groups excluding carboxylic acids is 1. The number of amides is 1. The quantitative estimate of drug-likeness (QED) is 0.840. The van der Waals surface area contributed by atoms with Crippen molar-refractivity contribution in [2.75, 3.05) is 5.32 Å². The third-order valence-electron chi connectivity index (χ3n) is 3.61. The summed E-state index contributed by atoms with van der Waals surface area (Å²) in [6.45, 7) is 4.54. The van der Waals surface area contributed by atoms with Crippen LogP contribution in [0.3, 0.4) is 0 Å². The third kappa shape index (κ3) is 2.57. The van der Waals surface area contributed by atoms with Gasteiger partial charge in [0.2, 0.25) is 0 Å². The number of hydrogen-bond acceptors (Lipinski definition) is 3. The lowest BCUT2D eigenvalue weighted by molar-refractivity contribution is 0.0995. The number of pyridine rings is 1. The van der Waals surface area contributed by atoms with Crippen molar-refractivity contribution in [2.45, 2.75) is 39.2 Å². The van der Waals surface area contributed by atoms with Gasteiger partial charge in [-0.1, -0.05) is 20.3 Å². The van der Waals surface area contributed by atoms with Gasteiger partial charge in [0.05, 0.1) is 0 Å². The van der Waals surface area contributed by atoms with Crippen LogP contribution in [-0.4, -0.2) is 16.9 Å². The van der Waals surface area contributed by atoms with Crippen LogP contribution in [0.15, 0.2) is 18.3 Å². The number of primary amides is 1. The molecular weight excluding hydrogens is 214 g/mol. The van der Waals surface area contributed by atoms with E-state index < -0.39 is 5.91 Å². The van der Waals surface area contributed by atoms with Crippen LogP contribution in [-0.2, 0) is 0 Å². The zero-order valence-corrected chi connectivity index (χ0v) is 10.4. The van der Waals surface area contributed by atoms with Crippen molar-refractivity contribution in [3.8, 4) is 0 Å². The molecule has 0 radical (unpaired) electrons. The number of anilines is 1. The van der Waals surface area contributed by atoms with Crippen molar-refractivity contribution >= 4 is 11.6 Å². The first-order valence-electron chi connectivity index (χ1n) is 6.01. The minimum Gasteiger partial charge on any atom is -0.382 e. The molecule has 0 aromatic carbocycles. The summed E-state index contributed by atoms with van der Waals surface area (Å²) in [4.78, 5) is 15.0. The van der Waals surface area contributed by atoms with Gasteiger partial charge in [-0.25, -0.2) is 0 Å². The molecule has 3 N–H and O–H groups in total. The number of nitrogens with one attached hydrogen (secondary N) is 1. The first-order chi connectivity index (χ1) is 7.99. The molecule has 0 spiro atoms. The first kappa shape index (κ1) is 11.9. The molecule has 1 unspecified atom stereocenters. The molecule has 0 aliphatic heterocycles. The van der Waals surface area contributed by atoms with Crippen LogP contribution in [0.2, 0.25) is 0 Å². The van der Waals surface area contributed by atoms with Gasteiger partial charge in [-0.05, 0) is 30.4 Å². The number of nitrogens with zero attached hydrogens (tertiary/aromatic N) is 1. The molecule has 1 aliphatic rings. The number of carbonyl (C=O) groups is 1. The van der Waals surface area contributed by atoms with Crippen molar-refractivity contribution in [3.63, 3.8) is 0 Å². The van der Waals surface area contributed by atoms with E-state index in [1.807, 2.05) is 6.07 Å². The zero-order valence-electron chi connectivity index (χ0n) is 10.4. The fourth-order valence-electron chi connectivity index (χ4n) is 2.45. The molecule has 1 amide bonds. The van der Waals surface area contributed by atoms with Gasteiger partial charge in [-0.3, -0.25) is 9.78 Å². The van der Waals surface area contributed by atoms with E-state index in [4.69, 9.17) is 5.73 Å². The highest BCUT2D eigenvalue weighted by molar-refractivity contribution is 5.91. The molecular formula is C13H19N3O. The summed E-state index contributed by atoms with van der Waals surface area (Å²) >= 11 is 0. The first-order valence-corrected chi connectivity index (χ1v) is 6.01.